The van der Waals surface area contributed by atoms with Gasteiger partial charge >= 0.3 is 18.1 Å². The summed E-state index contributed by atoms with van der Waals surface area (Å²) in [7, 11) is 0. The summed E-state index contributed by atoms with van der Waals surface area (Å²) in [6.07, 6.45) is -5.67. The summed E-state index contributed by atoms with van der Waals surface area (Å²) in [5.41, 5.74) is 0.312. The number of nitrogens with one attached hydrogen (secondary N) is 1. The molecule has 0 bridgehead atoms. The van der Waals surface area contributed by atoms with Crippen LogP contribution in [0.3, 0.4) is 0 Å². The molecular weight excluding hydrogens is 378 g/mol. The average molecular weight is 387 g/mol. The molecule has 0 aliphatic carbocycles. The van der Waals surface area contributed by atoms with Gasteiger partial charge in [0.1, 0.15) is 0 Å². The van der Waals surface area contributed by atoms with Crippen LogP contribution in [0.15, 0.2) is 24.3 Å². The van der Waals surface area contributed by atoms with Crippen molar-refractivity contribution >= 4 is 34.5 Å². The molecule has 0 radical (unpaired) electrons. The molecule has 0 heterocycles. The summed E-state index contributed by atoms with van der Waals surface area (Å²) in [4.78, 5) is 21.5. The Morgan fingerprint density at radius 3 is 2.47 bits per heavy atom. The minimum atomic E-state index is -5.04. The third-order valence-corrected chi connectivity index (χ3v) is 2.86. The second-order valence-corrected chi connectivity index (χ2v) is 4.92. The number of aliphatic carboxylic acids is 1. The molecule has 0 saturated heterocycles. The molecule has 19 heavy (non-hydrogen) atoms. The smallest absolute Gasteiger partial charge is 0.471 e. The van der Waals surface area contributed by atoms with Gasteiger partial charge in [0.15, 0.2) is 0 Å². The maximum absolute atomic E-state index is 12.2. The molecule has 0 aliphatic heterocycles. The van der Waals surface area contributed by atoms with Crippen molar-refractivity contribution in [1.82, 2.24) is 5.32 Å². The van der Waals surface area contributed by atoms with Gasteiger partial charge in [0, 0.05) is 3.57 Å². The van der Waals surface area contributed by atoms with Crippen molar-refractivity contribution in [3.05, 3.63) is 33.4 Å². The first-order valence-electron chi connectivity index (χ1n) is 5.05. The van der Waals surface area contributed by atoms with Gasteiger partial charge in [-0.25, -0.2) is 0 Å². The maximum Gasteiger partial charge on any atom is 0.471 e. The van der Waals surface area contributed by atoms with E-state index in [9.17, 15) is 22.8 Å². The summed E-state index contributed by atoms with van der Waals surface area (Å²) in [6.45, 7) is 0. The standard InChI is InChI=1S/C11H9F3INO3/c12-11(13,14)10(19)16-8(5-9(17)18)6-2-1-3-7(15)4-6/h1-4,8H,5H2,(H,16,19)(H,17,18)/t8-/m0/s1. The Balaban J connectivity index is 2.96. The third kappa shape index (κ3) is 5.05. The molecule has 1 aromatic rings. The summed E-state index contributed by atoms with van der Waals surface area (Å²) >= 11 is 1.94. The van der Waals surface area contributed by atoms with Crippen molar-refractivity contribution < 1.29 is 27.9 Å². The van der Waals surface area contributed by atoms with Gasteiger partial charge in [-0.2, -0.15) is 13.2 Å². The van der Waals surface area contributed by atoms with E-state index in [1.165, 1.54) is 12.1 Å². The predicted octanol–water partition coefficient (Wildman–Crippen LogP) is 2.49. The predicted molar refractivity (Wildman–Crippen MR) is 68.4 cm³/mol. The van der Waals surface area contributed by atoms with Crippen LogP contribution in [0.1, 0.15) is 18.0 Å². The van der Waals surface area contributed by atoms with Crippen molar-refractivity contribution in [3.63, 3.8) is 0 Å². The first-order valence-corrected chi connectivity index (χ1v) is 6.13. The van der Waals surface area contributed by atoms with Crippen molar-refractivity contribution in [2.75, 3.05) is 0 Å². The molecule has 1 amide bonds. The Morgan fingerprint density at radius 2 is 2.00 bits per heavy atom. The fourth-order valence-corrected chi connectivity index (χ4v) is 1.96. The minimum Gasteiger partial charge on any atom is -0.481 e. The molecule has 2 N–H and O–H groups in total. The number of carbonyl (C=O) groups is 2. The van der Waals surface area contributed by atoms with Crippen LogP contribution >= 0.6 is 22.6 Å². The highest BCUT2D eigenvalue weighted by Gasteiger charge is 2.40. The molecule has 4 nitrogen and oxygen atoms in total. The lowest BCUT2D eigenvalue weighted by Gasteiger charge is -2.18. The van der Waals surface area contributed by atoms with Gasteiger partial charge in [-0.15, -0.1) is 0 Å². The molecule has 104 valence electrons. The highest BCUT2D eigenvalue weighted by molar-refractivity contribution is 14.1. The lowest BCUT2D eigenvalue weighted by molar-refractivity contribution is -0.174. The van der Waals surface area contributed by atoms with E-state index in [2.05, 4.69) is 0 Å². The number of rotatable bonds is 4. The van der Waals surface area contributed by atoms with E-state index in [1.54, 1.807) is 17.4 Å². The van der Waals surface area contributed by atoms with Crippen molar-refractivity contribution in [2.45, 2.75) is 18.6 Å². The molecule has 0 aliphatic rings. The Morgan fingerprint density at radius 1 is 1.37 bits per heavy atom. The van der Waals surface area contributed by atoms with E-state index in [0.717, 1.165) is 3.57 Å². The number of benzene rings is 1. The van der Waals surface area contributed by atoms with Crippen LogP contribution in [0.2, 0.25) is 0 Å². The Bertz CT molecular complexity index is 490. The zero-order valence-corrected chi connectivity index (χ0v) is 11.5. The number of alkyl halides is 3. The average Bonchev–Trinajstić information content (AvgIpc) is 2.26. The maximum atomic E-state index is 12.2. The van der Waals surface area contributed by atoms with Gasteiger partial charge in [0.25, 0.3) is 0 Å². The van der Waals surface area contributed by atoms with Crippen LogP contribution in [0, 0.1) is 3.57 Å². The number of amides is 1. The van der Waals surface area contributed by atoms with E-state index in [1.807, 2.05) is 22.6 Å². The summed E-state index contributed by atoms with van der Waals surface area (Å²) in [5.74, 6) is -3.45. The van der Waals surface area contributed by atoms with Gasteiger partial charge in [-0.1, -0.05) is 12.1 Å². The number of carboxylic acid groups (broad SMARTS) is 1. The molecule has 0 saturated carbocycles. The van der Waals surface area contributed by atoms with E-state index < -0.39 is 30.5 Å². The minimum absolute atomic E-state index is 0.312. The Hall–Kier alpha value is -1.32. The van der Waals surface area contributed by atoms with Crippen LogP contribution in [-0.4, -0.2) is 23.2 Å². The molecule has 1 rings (SSSR count). The summed E-state index contributed by atoms with van der Waals surface area (Å²) < 4.78 is 37.3. The van der Waals surface area contributed by atoms with Crippen molar-refractivity contribution in [2.24, 2.45) is 0 Å². The molecule has 0 aromatic heterocycles. The van der Waals surface area contributed by atoms with E-state index in [0.29, 0.717) is 5.56 Å². The normalized spacial score (nSPS) is 12.8. The van der Waals surface area contributed by atoms with Crippen molar-refractivity contribution in [3.8, 4) is 0 Å². The number of carbonyl (C=O) groups excluding carboxylic acids is 1. The lowest BCUT2D eigenvalue weighted by Crippen LogP contribution is -2.39. The van der Waals surface area contributed by atoms with Crippen LogP contribution in [-0.2, 0) is 9.59 Å². The van der Waals surface area contributed by atoms with Crippen LogP contribution in [0.25, 0.3) is 0 Å². The second kappa shape index (κ2) is 6.22. The van der Waals surface area contributed by atoms with Crippen LogP contribution in [0.5, 0.6) is 0 Å². The number of hydrogen-bond acceptors (Lipinski definition) is 2. The zero-order chi connectivity index (χ0) is 14.6. The fourth-order valence-electron chi connectivity index (χ4n) is 1.39. The quantitative estimate of drug-likeness (QED) is 0.781. The molecule has 1 aromatic carbocycles. The molecule has 0 unspecified atom stereocenters. The summed E-state index contributed by atoms with van der Waals surface area (Å²) in [6, 6.07) is 5.04. The lowest BCUT2D eigenvalue weighted by atomic mass is 10.0. The highest BCUT2D eigenvalue weighted by atomic mass is 127. The van der Waals surface area contributed by atoms with Crippen LogP contribution in [0.4, 0.5) is 13.2 Å². The topological polar surface area (TPSA) is 66.4 Å². The number of halogens is 4. The first kappa shape index (κ1) is 15.7. The highest BCUT2D eigenvalue weighted by Crippen LogP contribution is 2.22. The second-order valence-electron chi connectivity index (χ2n) is 3.68. The number of carboxylic acids is 1. The van der Waals surface area contributed by atoms with E-state index in [-0.39, 0.29) is 0 Å². The van der Waals surface area contributed by atoms with Gasteiger partial charge in [0.2, 0.25) is 0 Å². The molecule has 1 atom stereocenters. The third-order valence-electron chi connectivity index (χ3n) is 2.19. The van der Waals surface area contributed by atoms with Gasteiger partial charge in [-0.3, -0.25) is 9.59 Å². The Kier molecular flexibility index (Phi) is 5.15. The Labute approximate surface area is 120 Å². The van der Waals surface area contributed by atoms with Gasteiger partial charge in [0.05, 0.1) is 12.5 Å². The molecule has 8 heteroatoms. The first-order chi connectivity index (χ1) is 8.70. The van der Waals surface area contributed by atoms with Gasteiger partial charge < -0.3 is 10.4 Å². The number of hydrogen-bond donors (Lipinski definition) is 2. The van der Waals surface area contributed by atoms with E-state index in [4.69, 9.17) is 5.11 Å². The van der Waals surface area contributed by atoms with Crippen molar-refractivity contribution in [1.29, 1.82) is 0 Å². The fraction of sp³-hybridized carbons (Fsp3) is 0.273. The molecule has 0 fully saturated rings. The molecular formula is C11H9F3INO3. The monoisotopic (exact) mass is 387 g/mol. The van der Waals surface area contributed by atoms with E-state index >= 15 is 0 Å². The summed E-state index contributed by atoms with van der Waals surface area (Å²) in [5, 5.41) is 10.4. The van der Waals surface area contributed by atoms with Gasteiger partial charge in [-0.05, 0) is 40.3 Å². The van der Waals surface area contributed by atoms with Crippen LogP contribution < -0.4 is 5.32 Å². The molecule has 0 spiro atoms. The largest absolute Gasteiger partial charge is 0.481 e. The zero-order valence-electron chi connectivity index (χ0n) is 9.37. The SMILES string of the molecule is O=C(O)C[C@H](NC(=O)C(F)(F)F)c1cccc(I)c1.